The van der Waals surface area contributed by atoms with Crippen LogP contribution in [0, 0.1) is 17.8 Å². The summed E-state index contributed by atoms with van der Waals surface area (Å²) in [6.07, 6.45) is 28.1. The summed E-state index contributed by atoms with van der Waals surface area (Å²) in [4.78, 5) is 51.9. The first-order chi connectivity index (χ1) is 47.7. The normalized spacial score (nSPS) is 18.0. The van der Waals surface area contributed by atoms with Crippen molar-refractivity contribution >= 4 is 91.6 Å². The van der Waals surface area contributed by atoms with E-state index in [4.69, 9.17) is 14.2 Å². The van der Waals surface area contributed by atoms with Gasteiger partial charge in [-0.15, -0.1) is 0 Å². The van der Waals surface area contributed by atoms with Crippen LogP contribution >= 0.6 is 0 Å². The minimum atomic E-state index is -3.24. The van der Waals surface area contributed by atoms with Gasteiger partial charge in [-0.3, -0.25) is 18.6 Å². The van der Waals surface area contributed by atoms with Crippen LogP contribution in [0.25, 0.3) is 28.3 Å². The Balaban J connectivity index is 0.000000145. The Hall–Kier alpha value is -7.48. The average Bonchev–Trinajstić information content (AvgIpc) is 1.52. The Kier molecular flexibility index (Phi) is 25.2. The first kappa shape index (κ1) is 75.2. The summed E-state index contributed by atoms with van der Waals surface area (Å²) in [5.74, 6) is 6.63. The largest absolute Gasteiger partial charge is 0.493 e. The molecule has 3 saturated heterocycles. The molecule has 546 valence electrons. The lowest BCUT2D eigenvalue weighted by atomic mass is 9.93. The maximum Gasteiger partial charge on any atom is 0.329 e. The zero-order valence-electron chi connectivity index (χ0n) is 58.2. The van der Waals surface area contributed by atoms with Gasteiger partial charge in [0.05, 0.1) is 69.9 Å². The molecule has 0 aliphatic carbocycles. The van der Waals surface area contributed by atoms with Gasteiger partial charge in [-0.05, 0) is 111 Å². The smallest absolute Gasteiger partial charge is 0.329 e. The number of hydrogen-bond acceptors (Lipinski definition) is 24. The Morgan fingerprint density at radius 2 is 1.17 bits per heavy atom. The maximum absolute atomic E-state index is 12.2. The predicted molar refractivity (Wildman–Crippen MR) is 386 cm³/mol. The van der Waals surface area contributed by atoms with E-state index >= 15 is 0 Å². The van der Waals surface area contributed by atoms with Crippen molar-refractivity contribution in [2.45, 2.75) is 96.5 Å². The van der Waals surface area contributed by atoms with E-state index in [0.29, 0.717) is 74.2 Å². The van der Waals surface area contributed by atoms with E-state index in [1.54, 1.807) is 51.9 Å². The highest BCUT2D eigenvalue weighted by atomic mass is 32.2. The van der Waals surface area contributed by atoms with Crippen LogP contribution in [-0.4, -0.2) is 205 Å². The van der Waals surface area contributed by atoms with Crippen LogP contribution in [0.2, 0.25) is 0 Å². The van der Waals surface area contributed by atoms with Crippen molar-refractivity contribution in [3.05, 3.63) is 106 Å². The zero-order chi connectivity index (χ0) is 71.4. The van der Waals surface area contributed by atoms with Crippen LogP contribution in [0.15, 0.2) is 72.7 Å². The molecule has 0 amide bonds. The summed E-state index contributed by atoms with van der Waals surface area (Å²) in [5, 5.41) is 4.37. The average molecular weight is 1460 g/mol. The number of imidazole rings is 2. The van der Waals surface area contributed by atoms with Crippen LogP contribution in [0.3, 0.4) is 0 Å². The van der Waals surface area contributed by atoms with Crippen LogP contribution in [0.4, 0.5) is 23.3 Å². The fraction of sp³-hybridized carbons (Fsp3) is 0.569. The van der Waals surface area contributed by atoms with Gasteiger partial charge < -0.3 is 34.2 Å². The summed E-state index contributed by atoms with van der Waals surface area (Å²) in [6.45, 7) is 10.3. The molecule has 0 bridgehead atoms. The Labute approximate surface area is 586 Å². The van der Waals surface area contributed by atoms with Gasteiger partial charge in [-0.1, -0.05) is 18.2 Å². The molecule has 0 saturated carbocycles. The summed E-state index contributed by atoms with van der Waals surface area (Å²) < 4.78 is 121. The van der Waals surface area contributed by atoms with Gasteiger partial charge in [-0.2, -0.15) is 0 Å². The molecular formula is C65H95N19O12S4. The number of piperidine rings is 3. The van der Waals surface area contributed by atoms with E-state index in [-0.39, 0.29) is 11.9 Å². The predicted octanol–water partition coefficient (Wildman–Crippen LogP) is 3.54. The lowest BCUT2D eigenvalue weighted by Crippen LogP contribution is -2.45. The van der Waals surface area contributed by atoms with Crippen molar-refractivity contribution in [2.24, 2.45) is 31.8 Å². The fourth-order valence-electron chi connectivity index (χ4n) is 13.7. The number of hydrogen-bond donors (Lipinski definition) is 5. The summed E-state index contributed by atoms with van der Waals surface area (Å²) in [5.41, 5.74) is 7.69. The molecule has 2 aromatic carbocycles. The van der Waals surface area contributed by atoms with Gasteiger partial charge in [0.25, 0.3) is 0 Å². The number of ether oxygens (including phenoxy) is 3. The molecule has 0 spiro atoms. The third kappa shape index (κ3) is 20.4. The lowest BCUT2D eigenvalue weighted by molar-refractivity contribution is 0.107. The van der Waals surface area contributed by atoms with E-state index in [0.717, 1.165) is 174 Å². The number of fused-ring (bicyclic) bond motifs is 5. The summed E-state index contributed by atoms with van der Waals surface area (Å²) in [7, 11) is -5.85. The van der Waals surface area contributed by atoms with E-state index in [2.05, 4.69) is 90.8 Å². The van der Waals surface area contributed by atoms with Crippen LogP contribution in [0.1, 0.15) is 85.7 Å². The molecule has 1 atom stereocenters. The topological polar surface area (TPSA) is 359 Å². The van der Waals surface area contributed by atoms with Gasteiger partial charge >= 0.3 is 5.69 Å². The number of likely N-dealkylation sites (tertiary alicyclic amines) is 1. The molecule has 11 heterocycles. The van der Waals surface area contributed by atoms with Gasteiger partial charge in [0, 0.05) is 122 Å². The van der Waals surface area contributed by atoms with Gasteiger partial charge in [0.1, 0.15) is 54.4 Å². The molecule has 31 nitrogen and oxygen atoms in total. The summed E-state index contributed by atoms with van der Waals surface area (Å²) in [6, 6.07) is 9.79. The first-order valence-corrected chi connectivity index (χ1v) is 41.2. The number of benzene rings is 2. The van der Waals surface area contributed by atoms with E-state index in [9.17, 15) is 38.5 Å². The molecule has 6 aliphatic rings. The molecule has 13 rings (SSSR count). The van der Waals surface area contributed by atoms with E-state index in [1.807, 2.05) is 41.2 Å². The van der Waals surface area contributed by atoms with E-state index in [1.165, 1.54) is 52.6 Å². The minimum absolute atomic E-state index is 0.113. The number of rotatable bonds is 21. The summed E-state index contributed by atoms with van der Waals surface area (Å²) >= 11 is 0. The molecule has 5 N–H and O–H groups in total. The number of nitrogens with zero attached hydrogens (tertiary/aromatic N) is 14. The van der Waals surface area contributed by atoms with Gasteiger partial charge in [0.2, 0.25) is 40.1 Å². The highest BCUT2D eigenvalue weighted by Crippen LogP contribution is 2.37. The molecule has 3 fully saturated rings. The Morgan fingerprint density at radius 1 is 0.610 bits per heavy atom. The quantitative estimate of drug-likeness (QED) is 0.0687. The maximum atomic E-state index is 12.2. The Bertz CT molecular complexity index is 4510. The first-order valence-electron chi connectivity index (χ1n) is 33.7. The number of anilines is 4. The molecule has 1 unspecified atom stereocenters. The molecule has 0 radical (unpaired) electrons. The number of methoxy groups -OCH3 is 2. The standard InChI is InChI=1S/C21H24N4O4S.C15H24N6O3S.C15H24N4O3S.C14H23N5O2S/c1-28-19-9-17-18(10-20(19)29-2)22-13-23-21(17)25-8-7-16-14(11-24-30(3,26)27)5-4-6-15(16)12-25;1-19-12-13(20(2)15(19)22)16-10-17-14(12)21-8-5-11(6-9-21)4-7-18-25(3,23)24;1-23(20,21)18-6-2-12-3-7-19(8-4-12)15-13-5-9-22-10-14(13)16-11-17-15;1-22(20,21)16-6-2-12-3-7-18(8-4-12)13-5-9-19-11-15-10-14(19)17-13/h4-6,9-10,13,24H,7-8,11-12H2,1-3H3;10-11,18H,4-9H2,1-3H3;11-12,18H,2-10H2,1H3;5,9-13,16-17H,2-4,6-8H2,1H3. The molecular weight excluding hydrogens is 1370 g/mol. The van der Waals surface area contributed by atoms with Crippen LogP contribution in [0.5, 0.6) is 11.5 Å². The second-order valence-corrected chi connectivity index (χ2v) is 33.6. The monoisotopic (exact) mass is 1460 g/mol. The number of aryl methyl sites for hydroxylation is 2. The number of nitrogens with one attached hydrogen (secondary N) is 5. The van der Waals surface area contributed by atoms with Crippen molar-refractivity contribution in [1.82, 2.24) is 72.4 Å². The van der Waals surface area contributed by atoms with Crippen LogP contribution < -0.4 is 54.1 Å². The van der Waals surface area contributed by atoms with E-state index < -0.39 is 40.1 Å². The Morgan fingerprint density at radius 3 is 1.78 bits per heavy atom. The highest BCUT2D eigenvalue weighted by Gasteiger charge is 2.30. The van der Waals surface area contributed by atoms with Crippen molar-refractivity contribution in [3.8, 4) is 11.5 Å². The number of aromatic nitrogens is 10. The second-order valence-electron chi connectivity index (χ2n) is 26.3. The molecule has 7 aromatic rings. The molecule has 100 heavy (non-hydrogen) atoms. The second kappa shape index (κ2) is 33.5. The lowest BCUT2D eigenvalue weighted by Gasteiger charge is -2.38. The molecule has 6 aliphatic heterocycles. The fourth-order valence-corrected chi connectivity index (χ4v) is 15.6. The van der Waals surface area contributed by atoms with Crippen LogP contribution in [-0.2, 0) is 91.5 Å². The van der Waals surface area contributed by atoms with Crippen molar-refractivity contribution in [2.75, 3.05) is 131 Å². The van der Waals surface area contributed by atoms with Crippen molar-refractivity contribution in [3.63, 3.8) is 0 Å². The van der Waals surface area contributed by atoms with Gasteiger partial charge in [0.15, 0.2) is 23.0 Å². The highest BCUT2D eigenvalue weighted by molar-refractivity contribution is 7.89. The third-order valence-corrected chi connectivity index (χ3v) is 21.9. The zero-order valence-corrected chi connectivity index (χ0v) is 61.5. The third-order valence-electron chi connectivity index (χ3n) is 19.1. The molecule has 35 heteroatoms. The van der Waals surface area contributed by atoms with Crippen molar-refractivity contribution < 1.29 is 47.9 Å². The van der Waals surface area contributed by atoms with Crippen molar-refractivity contribution in [1.29, 1.82) is 0 Å². The SMILES string of the molecule is COc1cc2ncnc(N3CCc4c(CNS(C)(=O)=O)cccc4C3)c2cc1OC.CS(=O)(=O)NCCC1CCN(C2C=Cn3cncc3N2)CC1.CS(=O)(=O)NCCC1CCN(c2ncnc3c2CCOC3)CC1.Cn1c(=O)n(C)c2c(N3CCC(CCNS(C)(=O)=O)CC3)ncnc21. The molecule has 5 aromatic heterocycles. The number of sulfonamides is 4. The minimum Gasteiger partial charge on any atom is -0.493 e. The van der Waals surface area contributed by atoms with Gasteiger partial charge in [-0.25, -0.2) is 92.2 Å².